The minimum Gasteiger partial charge on any atom is -0.316 e. The predicted octanol–water partition coefficient (Wildman–Crippen LogP) is 4.56. The summed E-state index contributed by atoms with van der Waals surface area (Å²) in [5.74, 6) is 0.336. The van der Waals surface area contributed by atoms with E-state index in [9.17, 15) is 13.2 Å². The van der Waals surface area contributed by atoms with Crippen molar-refractivity contribution >= 4 is 11.8 Å². The molecule has 1 atom stereocenters. The lowest BCUT2D eigenvalue weighted by Gasteiger charge is -2.19. The fourth-order valence-corrected chi connectivity index (χ4v) is 2.67. The van der Waals surface area contributed by atoms with Gasteiger partial charge in [-0.2, -0.15) is 13.2 Å². The molecule has 0 aliphatic heterocycles. The normalized spacial score (nSPS) is 13.9. The van der Waals surface area contributed by atoms with E-state index in [1.165, 1.54) is 17.8 Å². The maximum Gasteiger partial charge on any atom is 0.417 e. The van der Waals surface area contributed by atoms with Crippen LogP contribution in [0.3, 0.4) is 0 Å². The Morgan fingerprint density at radius 1 is 1.21 bits per heavy atom. The number of hydrogen-bond donors (Lipinski definition) is 1. The molecule has 0 aromatic heterocycles. The summed E-state index contributed by atoms with van der Waals surface area (Å²) in [5.41, 5.74) is 0.120. The molecular formula is C14H20F3NS. The first-order valence-electron chi connectivity index (χ1n) is 6.27. The van der Waals surface area contributed by atoms with Gasteiger partial charge in [0.2, 0.25) is 0 Å². The number of nitrogens with one attached hydrogen (secondary N) is 1. The molecule has 108 valence electrons. The predicted molar refractivity (Wildman–Crippen MR) is 74.4 cm³/mol. The highest BCUT2D eigenvalue weighted by Gasteiger charge is 2.34. The van der Waals surface area contributed by atoms with E-state index in [1.807, 2.05) is 20.8 Å². The van der Waals surface area contributed by atoms with Gasteiger partial charge in [-0.25, -0.2) is 0 Å². The third kappa shape index (κ3) is 4.73. The largest absolute Gasteiger partial charge is 0.417 e. The molecule has 1 unspecified atom stereocenters. The molecule has 1 rings (SSSR count). The average Bonchev–Trinajstić information content (AvgIpc) is 2.29. The van der Waals surface area contributed by atoms with Crippen LogP contribution in [0.4, 0.5) is 13.2 Å². The van der Waals surface area contributed by atoms with Gasteiger partial charge in [0.1, 0.15) is 0 Å². The number of rotatable bonds is 5. The third-order valence-corrected chi connectivity index (χ3v) is 4.51. The summed E-state index contributed by atoms with van der Waals surface area (Å²) >= 11 is 1.29. The van der Waals surface area contributed by atoms with Crippen molar-refractivity contribution in [2.75, 3.05) is 7.05 Å². The van der Waals surface area contributed by atoms with Gasteiger partial charge in [0.15, 0.2) is 0 Å². The Hall–Kier alpha value is -0.680. The third-order valence-electron chi connectivity index (χ3n) is 2.98. The summed E-state index contributed by atoms with van der Waals surface area (Å²) in [6.07, 6.45) is -4.30. The van der Waals surface area contributed by atoms with Crippen molar-refractivity contribution in [2.24, 2.45) is 5.92 Å². The number of benzene rings is 1. The number of hydrogen-bond acceptors (Lipinski definition) is 2. The minimum absolute atomic E-state index is 0.149. The van der Waals surface area contributed by atoms with Crippen LogP contribution in [-0.4, -0.2) is 12.3 Å². The Bertz CT molecular complexity index is 416. The standard InChI is InChI=1S/C14H20F3NS/c1-9(2)10(3)19-13-6-5-11(8-18-4)7-12(13)14(15,16)17/h5-7,9-10,18H,8H2,1-4H3. The maximum atomic E-state index is 13.1. The van der Waals surface area contributed by atoms with Gasteiger partial charge in [-0.1, -0.05) is 26.8 Å². The van der Waals surface area contributed by atoms with E-state index in [0.717, 1.165) is 0 Å². The molecule has 1 N–H and O–H groups in total. The van der Waals surface area contributed by atoms with Crippen LogP contribution in [0.2, 0.25) is 0 Å². The fourth-order valence-electron chi connectivity index (χ4n) is 1.55. The SMILES string of the molecule is CNCc1ccc(SC(C)C(C)C)c(C(F)(F)F)c1. The molecule has 0 aliphatic carbocycles. The second-order valence-corrected chi connectivity index (χ2v) is 6.34. The molecule has 0 amide bonds. The van der Waals surface area contributed by atoms with Crippen LogP contribution in [-0.2, 0) is 12.7 Å². The van der Waals surface area contributed by atoms with Crippen LogP contribution in [0.5, 0.6) is 0 Å². The van der Waals surface area contributed by atoms with Crippen LogP contribution in [0.25, 0.3) is 0 Å². The van der Waals surface area contributed by atoms with Crippen molar-refractivity contribution in [3.8, 4) is 0 Å². The zero-order chi connectivity index (χ0) is 14.6. The molecule has 1 aromatic rings. The highest BCUT2D eigenvalue weighted by Crippen LogP contribution is 2.39. The van der Waals surface area contributed by atoms with Gasteiger partial charge in [-0.3, -0.25) is 0 Å². The van der Waals surface area contributed by atoms with Crippen molar-refractivity contribution in [3.63, 3.8) is 0 Å². The Labute approximate surface area is 117 Å². The van der Waals surface area contributed by atoms with E-state index in [4.69, 9.17) is 0 Å². The Morgan fingerprint density at radius 3 is 2.32 bits per heavy atom. The zero-order valence-electron chi connectivity index (χ0n) is 11.6. The van der Waals surface area contributed by atoms with E-state index in [1.54, 1.807) is 19.2 Å². The fraction of sp³-hybridized carbons (Fsp3) is 0.571. The molecular weight excluding hydrogens is 271 g/mol. The molecule has 5 heteroatoms. The maximum absolute atomic E-state index is 13.1. The molecule has 19 heavy (non-hydrogen) atoms. The summed E-state index contributed by atoms with van der Waals surface area (Å²) in [6.45, 7) is 6.42. The van der Waals surface area contributed by atoms with E-state index in [0.29, 0.717) is 22.9 Å². The number of thioether (sulfide) groups is 1. The summed E-state index contributed by atoms with van der Waals surface area (Å²) in [7, 11) is 1.72. The molecule has 0 saturated carbocycles. The van der Waals surface area contributed by atoms with E-state index in [-0.39, 0.29) is 5.25 Å². The zero-order valence-corrected chi connectivity index (χ0v) is 12.5. The summed E-state index contributed by atoms with van der Waals surface area (Å²) in [4.78, 5) is 0.313. The second kappa shape index (κ2) is 6.66. The van der Waals surface area contributed by atoms with Gasteiger partial charge < -0.3 is 5.32 Å². The number of halogens is 3. The van der Waals surface area contributed by atoms with Gasteiger partial charge in [-0.15, -0.1) is 11.8 Å². The van der Waals surface area contributed by atoms with Gasteiger partial charge >= 0.3 is 6.18 Å². The Kier molecular flexibility index (Phi) is 5.74. The van der Waals surface area contributed by atoms with Gasteiger partial charge in [0, 0.05) is 16.7 Å². The summed E-state index contributed by atoms with van der Waals surface area (Å²) in [5, 5.41) is 3.02. The van der Waals surface area contributed by atoms with E-state index in [2.05, 4.69) is 5.32 Å². The molecule has 0 fully saturated rings. The Morgan fingerprint density at radius 2 is 1.84 bits per heavy atom. The molecule has 0 saturated heterocycles. The van der Waals surface area contributed by atoms with Crippen molar-refractivity contribution < 1.29 is 13.2 Å². The van der Waals surface area contributed by atoms with Crippen molar-refractivity contribution in [3.05, 3.63) is 29.3 Å². The highest BCUT2D eigenvalue weighted by atomic mass is 32.2. The van der Waals surface area contributed by atoms with E-state index >= 15 is 0 Å². The van der Waals surface area contributed by atoms with E-state index < -0.39 is 11.7 Å². The lowest BCUT2D eigenvalue weighted by Crippen LogP contribution is -2.12. The lowest BCUT2D eigenvalue weighted by molar-refractivity contribution is -0.139. The summed E-state index contributed by atoms with van der Waals surface area (Å²) < 4.78 is 39.3. The topological polar surface area (TPSA) is 12.0 Å². The Balaban J connectivity index is 3.09. The molecule has 0 radical (unpaired) electrons. The van der Waals surface area contributed by atoms with Crippen LogP contribution >= 0.6 is 11.8 Å². The van der Waals surface area contributed by atoms with Crippen LogP contribution in [0.1, 0.15) is 31.9 Å². The first-order valence-corrected chi connectivity index (χ1v) is 7.15. The van der Waals surface area contributed by atoms with Crippen molar-refractivity contribution in [1.82, 2.24) is 5.32 Å². The smallest absolute Gasteiger partial charge is 0.316 e. The summed E-state index contributed by atoms with van der Waals surface area (Å²) in [6, 6.07) is 4.58. The lowest BCUT2D eigenvalue weighted by atomic mass is 10.1. The quantitative estimate of drug-likeness (QED) is 0.798. The number of alkyl halides is 3. The van der Waals surface area contributed by atoms with Gasteiger partial charge in [0.05, 0.1) is 5.56 Å². The van der Waals surface area contributed by atoms with Crippen LogP contribution in [0.15, 0.2) is 23.1 Å². The van der Waals surface area contributed by atoms with Crippen molar-refractivity contribution in [2.45, 2.75) is 43.6 Å². The van der Waals surface area contributed by atoms with Gasteiger partial charge in [-0.05, 0) is 30.7 Å². The van der Waals surface area contributed by atoms with Crippen LogP contribution < -0.4 is 5.32 Å². The van der Waals surface area contributed by atoms with Crippen LogP contribution in [0, 0.1) is 5.92 Å². The van der Waals surface area contributed by atoms with Gasteiger partial charge in [0.25, 0.3) is 0 Å². The molecule has 0 spiro atoms. The highest BCUT2D eigenvalue weighted by molar-refractivity contribution is 8.00. The molecule has 1 aromatic carbocycles. The molecule has 1 nitrogen and oxygen atoms in total. The first-order chi connectivity index (χ1) is 8.75. The minimum atomic E-state index is -4.30. The molecule has 0 bridgehead atoms. The molecule has 0 heterocycles. The molecule has 0 aliphatic rings. The second-order valence-electron chi connectivity index (χ2n) is 4.93. The monoisotopic (exact) mass is 291 g/mol. The average molecular weight is 291 g/mol. The first kappa shape index (κ1) is 16.4. The van der Waals surface area contributed by atoms with Crippen molar-refractivity contribution in [1.29, 1.82) is 0 Å².